The first kappa shape index (κ1) is 14.8. The Kier molecular flexibility index (Phi) is 6.54. The number of benzene rings is 1. The van der Waals surface area contributed by atoms with E-state index < -0.39 is 0 Å². The molecule has 1 atom stereocenters. The summed E-state index contributed by atoms with van der Waals surface area (Å²) >= 11 is 0. The molecule has 0 aliphatic rings. The van der Waals surface area contributed by atoms with Gasteiger partial charge >= 0.3 is 0 Å². The van der Waals surface area contributed by atoms with E-state index in [1.165, 1.54) is 0 Å². The molecule has 0 aromatic heterocycles. The van der Waals surface area contributed by atoms with Crippen molar-refractivity contribution in [1.82, 2.24) is 5.32 Å². The SMILES string of the molecule is CCCOCCCNC(C)c1c(O)cccc1O. The summed E-state index contributed by atoms with van der Waals surface area (Å²) in [4.78, 5) is 0. The van der Waals surface area contributed by atoms with Gasteiger partial charge in [-0.05, 0) is 38.4 Å². The van der Waals surface area contributed by atoms with Crippen LogP contribution in [-0.2, 0) is 4.74 Å². The van der Waals surface area contributed by atoms with Gasteiger partial charge in [0.05, 0.1) is 5.56 Å². The van der Waals surface area contributed by atoms with Crippen molar-refractivity contribution in [2.75, 3.05) is 19.8 Å². The zero-order valence-corrected chi connectivity index (χ0v) is 11.1. The fourth-order valence-electron chi connectivity index (χ4n) is 1.83. The molecule has 1 aromatic rings. The van der Waals surface area contributed by atoms with Crippen molar-refractivity contribution in [2.24, 2.45) is 0 Å². The van der Waals surface area contributed by atoms with Gasteiger partial charge in [-0.15, -0.1) is 0 Å². The number of rotatable bonds is 8. The quantitative estimate of drug-likeness (QED) is 0.623. The van der Waals surface area contributed by atoms with Crippen molar-refractivity contribution in [1.29, 1.82) is 0 Å². The average Bonchev–Trinajstić information content (AvgIpc) is 2.33. The Labute approximate surface area is 109 Å². The Balaban J connectivity index is 2.34. The lowest BCUT2D eigenvalue weighted by Gasteiger charge is -2.16. The number of phenols is 2. The van der Waals surface area contributed by atoms with E-state index in [0.29, 0.717) is 5.56 Å². The van der Waals surface area contributed by atoms with E-state index in [1.54, 1.807) is 18.2 Å². The molecule has 0 fully saturated rings. The van der Waals surface area contributed by atoms with E-state index in [2.05, 4.69) is 12.2 Å². The van der Waals surface area contributed by atoms with Crippen LogP contribution in [-0.4, -0.2) is 30.0 Å². The second-order valence-corrected chi connectivity index (χ2v) is 4.35. The monoisotopic (exact) mass is 253 g/mol. The van der Waals surface area contributed by atoms with Crippen LogP contribution in [0.5, 0.6) is 11.5 Å². The molecule has 3 N–H and O–H groups in total. The molecule has 0 radical (unpaired) electrons. The van der Waals surface area contributed by atoms with Gasteiger partial charge in [-0.3, -0.25) is 0 Å². The summed E-state index contributed by atoms with van der Waals surface area (Å²) in [5.74, 6) is 0.245. The fourth-order valence-corrected chi connectivity index (χ4v) is 1.83. The molecule has 0 heterocycles. The molecule has 18 heavy (non-hydrogen) atoms. The third-order valence-corrected chi connectivity index (χ3v) is 2.76. The maximum absolute atomic E-state index is 9.71. The van der Waals surface area contributed by atoms with Crippen molar-refractivity contribution in [3.05, 3.63) is 23.8 Å². The first-order valence-electron chi connectivity index (χ1n) is 6.48. The second-order valence-electron chi connectivity index (χ2n) is 4.35. The van der Waals surface area contributed by atoms with Crippen LogP contribution in [0.25, 0.3) is 0 Å². The molecule has 4 nitrogen and oxygen atoms in total. The van der Waals surface area contributed by atoms with Gasteiger partial charge < -0.3 is 20.3 Å². The maximum atomic E-state index is 9.71. The van der Waals surface area contributed by atoms with Crippen LogP contribution in [0.4, 0.5) is 0 Å². The maximum Gasteiger partial charge on any atom is 0.124 e. The van der Waals surface area contributed by atoms with Crippen LogP contribution in [0.15, 0.2) is 18.2 Å². The van der Waals surface area contributed by atoms with Crippen LogP contribution in [0.3, 0.4) is 0 Å². The van der Waals surface area contributed by atoms with Crippen LogP contribution in [0.2, 0.25) is 0 Å². The van der Waals surface area contributed by atoms with Crippen molar-refractivity contribution >= 4 is 0 Å². The fraction of sp³-hybridized carbons (Fsp3) is 0.571. The lowest BCUT2D eigenvalue weighted by atomic mass is 10.1. The zero-order valence-electron chi connectivity index (χ0n) is 11.1. The highest BCUT2D eigenvalue weighted by atomic mass is 16.5. The zero-order chi connectivity index (χ0) is 13.4. The van der Waals surface area contributed by atoms with Gasteiger partial charge in [-0.2, -0.15) is 0 Å². The number of phenolic OH excluding ortho intramolecular Hbond substituents is 2. The minimum Gasteiger partial charge on any atom is -0.507 e. The molecule has 0 aliphatic carbocycles. The first-order chi connectivity index (χ1) is 8.66. The smallest absolute Gasteiger partial charge is 0.124 e. The van der Waals surface area contributed by atoms with Crippen molar-refractivity contribution in [2.45, 2.75) is 32.7 Å². The van der Waals surface area contributed by atoms with E-state index in [0.717, 1.165) is 32.6 Å². The number of hydrogen-bond donors (Lipinski definition) is 3. The summed E-state index contributed by atoms with van der Waals surface area (Å²) in [6.45, 7) is 6.33. The Bertz CT molecular complexity index is 335. The number of hydrogen-bond acceptors (Lipinski definition) is 4. The summed E-state index contributed by atoms with van der Waals surface area (Å²) in [5, 5.41) is 22.7. The van der Waals surface area contributed by atoms with Gasteiger partial charge in [0.2, 0.25) is 0 Å². The molecule has 0 aliphatic heterocycles. The highest BCUT2D eigenvalue weighted by molar-refractivity contribution is 5.44. The molecule has 0 spiro atoms. The normalized spacial score (nSPS) is 12.6. The molecule has 102 valence electrons. The van der Waals surface area contributed by atoms with Crippen LogP contribution in [0, 0.1) is 0 Å². The molecule has 0 amide bonds. The predicted molar refractivity (Wildman–Crippen MR) is 71.9 cm³/mol. The lowest BCUT2D eigenvalue weighted by Crippen LogP contribution is -2.21. The minimum absolute atomic E-state index is 0.0858. The Morgan fingerprint density at radius 2 is 1.89 bits per heavy atom. The Morgan fingerprint density at radius 1 is 1.22 bits per heavy atom. The second kappa shape index (κ2) is 7.95. The third kappa shape index (κ3) is 4.55. The van der Waals surface area contributed by atoms with Gasteiger partial charge in [-0.25, -0.2) is 0 Å². The largest absolute Gasteiger partial charge is 0.507 e. The van der Waals surface area contributed by atoms with Gasteiger partial charge in [0.1, 0.15) is 11.5 Å². The summed E-state index contributed by atoms with van der Waals surface area (Å²) in [6.07, 6.45) is 1.95. The highest BCUT2D eigenvalue weighted by Gasteiger charge is 2.13. The predicted octanol–water partition coefficient (Wildman–Crippen LogP) is 2.57. The number of aromatic hydroxyl groups is 2. The molecule has 1 aromatic carbocycles. The molecule has 4 heteroatoms. The minimum atomic E-state index is -0.0858. The molecular formula is C14H23NO3. The summed E-state index contributed by atoms with van der Waals surface area (Å²) in [6, 6.07) is 4.70. The Morgan fingerprint density at radius 3 is 2.50 bits per heavy atom. The summed E-state index contributed by atoms with van der Waals surface area (Å²) in [5.41, 5.74) is 0.548. The summed E-state index contributed by atoms with van der Waals surface area (Å²) < 4.78 is 5.38. The van der Waals surface area contributed by atoms with Crippen LogP contribution < -0.4 is 5.32 Å². The Hall–Kier alpha value is -1.26. The van der Waals surface area contributed by atoms with Crippen LogP contribution in [0.1, 0.15) is 38.3 Å². The van der Waals surface area contributed by atoms with E-state index in [9.17, 15) is 10.2 Å². The van der Waals surface area contributed by atoms with Crippen molar-refractivity contribution in [3.63, 3.8) is 0 Å². The molecule has 1 unspecified atom stereocenters. The first-order valence-corrected chi connectivity index (χ1v) is 6.48. The standard InChI is InChI=1S/C14H23NO3/c1-3-9-18-10-5-8-15-11(2)14-12(16)6-4-7-13(14)17/h4,6-7,11,15-17H,3,5,8-10H2,1-2H3. The van der Waals surface area contributed by atoms with Crippen molar-refractivity contribution < 1.29 is 14.9 Å². The lowest BCUT2D eigenvalue weighted by molar-refractivity contribution is 0.131. The van der Waals surface area contributed by atoms with Crippen LogP contribution >= 0.6 is 0 Å². The molecule has 0 saturated carbocycles. The van der Waals surface area contributed by atoms with Gasteiger partial charge in [0.15, 0.2) is 0 Å². The van der Waals surface area contributed by atoms with E-state index in [-0.39, 0.29) is 17.5 Å². The van der Waals surface area contributed by atoms with Gasteiger partial charge in [0, 0.05) is 19.3 Å². The molecule has 0 saturated heterocycles. The molecular weight excluding hydrogens is 230 g/mol. The molecule has 0 bridgehead atoms. The van der Waals surface area contributed by atoms with Gasteiger partial charge in [0.25, 0.3) is 0 Å². The van der Waals surface area contributed by atoms with E-state index >= 15 is 0 Å². The number of nitrogens with one attached hydrogen (secondary N) is 1. The van der Waals surface area contributed by atoms with Crippen molar-refractivity contribution in [3.8, 4) is 11.5 Å². The van der Waals surface area contributed by atoms with Gasteiger partial charge in [-0.1, -0.05) is 13.0 Å². The highest BCUT2D eigenvalue weighted by Crippen LogP contribution is 2.31. The third-order valence-electron chi connectivity index (χ3n) is 2.76. The topological polar surface area (TPSA) is 61.7 Å². The summed E-state index contributed by atoms with van der Waals surface area (Å²) in [7, 11) is 0. The van der Waals surface area contributed by atoms with E-state index in [1.807, 2.05) is 6.92 Å². The number of ether oxygens (including phenoxy) is 1. The average molecular weight is 253 g/mol. The van der Waals surface area contributed by atoms with E-state index in [4.69, 9.17) is 4.74 Å². The molecule has 1 rings (SSSR count).